The van der Waals surface area contributed by atoms with Crippen LogP contribution in [0.25, 0.3) is 0 Å². The maximum absolute atomic E-state index is 10.6. The molecule has 0 aromatic heterocycles. The van der Waals surface area contributed by atoms with Crippen LogP contribution in [0.2, 0.25) is 0 Å². The van der Waals surface area contributed by atoms with Gasteiger partial charge in [-0.3, -0.25) is 4.79 Å². The minimum absolute atomic E-state index is 0.256. The average Bonchev–Trinajstić information content (AvgIpc) is 2.54. The van der Waals surface area contributed by atoms with Crippen LogP contribution in [0.1, 0.15) is 27.2 Å². The van der Waals surface area contributed by atoms with Crippen molar-refractivity contribution in [1.29, 1.82) is 0 Å². The SMILES string of the molecule is C#CC(OC(C)=O)C1CC1(C)C. The minimum atomic E-state index is -0.322. The van der Waals surface area contributed by atoms with Gasteiger partial charge in [0.25, 0.3) is 0 Å². The van der Waals surface area contributed by atoms with Gasteiger partial charge in [-0.05, 0) is 11.8 Å². The zero-order valence-corrected chi connectivity index (χ0v) is 7.76. The first-order valence-corrected chi connectivity index (χ1v) is 4.11. The predicted molar refractivity (Wildman–Crippen MR) is 46.3 cm³/mol. The molecule has 0 saturated heterocycles. The van der Waals surface area contributed by atoms with Crippen molar-refractivity contribution < 1.29 is 9.53 Å². The molecule has 1 aliphatic carbocycles. The second-order valence-electron chi connectivity index (χ2n) is 4.00. The van der Waals surface area contributed by atoms with Crippen molar-refractivity contribution in [3.8, 4) is 12.3 Å². The summed E-state index contributed by atoms with van der Waals surface area (Å²) in [6.07, 6.45) is 5.98. The Morgan fingerprint density at radius 3 is 2.50 bits per heavy atom. The van der Waals surface area contributed by atoms with Crippen LogP contribution in [-0.2, 0) is 9.53 Å². The molecule has 2 atom stereocenters. The summed E-state index contributed by atoms with van der Waals surface area (Å²) >= 11 is 0. The van der Waals surface area contributed by atoms with Gasteiger partial charge in [0.15, 0.2) is 6.10 Å². The topological polar surface area (TPSA) is 26.3 Å². The van der Waals surface area contributed by atoms with Crippen molar-refractivity contribution in [2.75, 3.05) is 0 Å². The van der Waals surface area contributed by atoms with E-state index in [2.05, 4.69) is 19.8 Å². The molecule has 0 heterocycles. The van der Waals surface area contributed by atoms with Crippen LogP contribution >= 0.6 is 0 Å². The molecule has 0 aliphatic heterocycles. The van der Waals surface area contributed by atoms with Crippen molar-refractivity contribution in [1.82, 2.24) is 0 Å². The van der Waals surface area contributed by atoms with Crippen LogP contribution in [0.15, 0.2) is 0 Å². The minimum Gasteiger partial charge on any atom is -0.449 e. The van der Waals surface area contributed by atoms with Gasteiger partial charge in [-0.25, -0.2) is 0 Å². The molecule has 0 bridgehead atoms. The average molecular weight is 166 g/mol. The van der Waals surface area contributed by atoms with Crippen LogP contribution in [0.4, 0.5) is 0 Å². The first-order chi connectivity index (χ1) is 5.47. The Morgan fingerprint density at radius 2 is 2.25 bits per heavy atom. The molecule has 66 valence electrons. The maximum atomic E-state index is 10.6. The zero-order chi connectivity index (χ0) is 9.35. The summed E-state index contributed by atoms with van der Waals surface area (Å²) in [6.45, 7) is 5.65. The third-order valence-electron chi connectivity index (χ3n) is 2.41. The Kier molecular flexibility index (Phi) is 2.14. The Balaban J connectivity index is 2.50. The van der Waals surface area contributed by atoms with Gasteiger partial charge in [0.2, 0.25) is 0 Å². The smallest absolute Gasteiger partial charge is 0.303 e. The van der Waals surface area contributed by atoms with Crippen molar-refractivity contribution in [3.05, 3.63) is 0 Å². The van der Waals surface area contributed by atoms with Crippen molar-refractivity contribution in [2.45, 2.75) is 33.3 Å². The number of ether oxygens (including phenoxy) is 1. The molecule has 2 heteroatoms. The second-order valence-corrected chi connectivity index (χ2v) is 4.00. The predicted octanol–water partition coefficient (Wildman–Crippen LogP) is 1.60. The third-order valence-corrected chi connectivity index (χ3v) is 2.41. The summed E-state index contributed by atoms with van der Waals surface area (Å²) < 4.78 is 4.98. The van der Waals surface area contributed by atoms with Crippen molar-refractivity contribution in [3.63, 3.8) is 0 Å². The monoisotopic (exact) mass is 166 g/mol. The van der Waals surface area contributed by atoms with Gasteiger partial charge in [0.05, 0.1) is 0 Å². The summed E-state index contributed by atoms with van der Waals surface area (Å²) in [5.74, 6) is 2.57. The number of carbonyl (C=O) groups excluding carboxylic acids is 1. The fraction of sp³-hybridized carbons (Fsp3) is 0.700. The molecule has 2 unspecified atom stereocenters. The van der Waals surface area contributed by atoms with E-state index in [4.69, 9.17) is 11.2 Å². The Hall–Kier alpha value is -0.970. The molecular formula is C10H14O2. The van der Waals surface area contributed by atoms with Gasteiger partial charge in [-0.15, -0.1) is 6.42 Å². The number of terminal acetylenes is 1. The first-order valence-electron chi connectivity index (χ1n) is 4.11. The van der Waals surface area contributed by atoms with Crippen molar-refractivity contribution in [2.24, 2.45) is 11.3 Å². The third kappa shape index (κ3) is 1.79. The van der Waals surface area contributed by atoms with E-state index in [-0.39, 0.29) is 17.5 Å². The van der Waals surface area contributed by atoms with E-state index < -0.39 is 0 Å². The lowest BCUT2D eigenvalue weighted by Gasteiger charge is -2.11. The summed E-state index contributed by atoms with van der Waals surface area (Å²) in [4.78, 5) is 10.6. The Labute approximate surface area is 73.3 Å². The lowest BCUT2D eigenvalue weighted by Crippen LogP contribution is -2.18. The molecule has 1 rings (SSSR count). The summed E-state index contributed by atoms with van der Waals surface area (Å²) in [5, 5.41) is 0. The van der Waals surface area contributed by atoms with Crippen LogP contribution in [-0.4, -0.2) is 12.1 Å². The summed E-state index contributed by atoms with van der Waals surface area (Å²) in [5.41, 5.74) is 0.256. The van der Waals surface area contributed by atoms with Crippen LogP contribution in [0.3, 0.4) is 0 Å². The Bertz CT molecular complexity index is 235. The summed E-state index contributed by atoms with van der Waals surface area (Å²) in [7, 11) is 0. The van der Waals surface area contributed by atoms with Crippen LogP contribution in [0, 0.1) is 23.7 Å². The standard InChI is InChI=1S/C10H14O2/c1-5-9(12-7(2)11)8-6-10(8,3)4/h1,8-9H,6H2,2-4H3. The molecule has 0 amide bonds. The molecule has 1 fully saturated rings. The number of hydrogen-bond acceptors (Lipinski definition) is 2. The van der Waals surface area contributed by atoms with E-state index in [0.717, 1.165) is 6.42 Å². The molecule has 1 saturated carbocycles. The largest absolute Gasteiger partial charge is 0.449 e. The number of carbonyl (C=O) groups is 1. The molecule has 0 aromatic rings. The molecule has 0 radical (unpaired) electrons. The maximum Gasteiger partial charge on any atom is 0.303 e. The van der Waals surface area contributed by atoms with E-state index >= 15 is 0 Å². The number of hydrogen-bond donors (Lipinski definition) is 0. The molecule has 2 nitrogen and oxygen atoms in total. The van der Waals surface area contributed by atoms with E-state index in [0.29, 0.717) is 5.92 Å². The molecule has 1 aliphatic rings. The van der Waals surface area contributed by atoms with E-state index in [1.165, 1.54) is 6.92 Å². The normalized spacial score (nSPS) is 27.0. The van der Waals surface area contributed by atoms with Gasteiger partial charge in [-0.2, -0.15) is 0 Å². The lowest BCUT2D eigenvalue weighted by molar-refractivity contribution is -0.144. The highest BCUT2D eigenvalue weighted by Crippen LogP contribution is 2.54. The Morgan fingerprint density at radius 1 is 1.75 bits per heavy atom. The fourth-order valence-corrected chi connectivity index (χ4v) is 1.44. The van der Waals surface area contributed by atoms with Crippen LogP contribution in [0.5, 0.6) is 0 Å². The van der Waals surface area contributed by atoms with Crippen molar-refractivity contribution >= 4 is 5.97 Å². The molecule has 12 heavy (non-hydrogen) atoms. The number of rotatable bonds is 2. The van der Waals surface area contributed by atoms with E-state index in [1.807, 2.05) is 0 Å². The van der Waals surface area contributed by atoms with E-state index in [9.17, 15) is 4.79 Å². The highest BCUT2D eigenvalue weighted by Gasteiger charge is 2.51. The lowest BCUT2D eigenvalue weighted by atomic mass is 10.1. The van der Waals surface area contributed by atoms with E-state index in [1.54, 1.807) is 0 Å². The first kappa shape index (κ1) is 9.12. The van der Waals surface area contributed by atoms with Gasteiger partial charge < -0.3 is 4.74 Å². The van der Waals surface area contributed by atoms with Gasteiger partial charge in [0, 0.05) is 12.8 Å². The summed E-state index contributed by atoms with van der Waals surface area (Å²) in [6, 6.07) is 0. The highest BCUT2D eigenvalue weighted by molar-refractivity contribution is 5.66. The molecule has 0 spiro atoms. The second kappa shape index (κ2) is 2.82. The van der Waals surface area contributed by atoms with Gasteiger partial charge >= 0.3 is 5.97 Å². The number of esters is 1. The molecular weight excluding hydrogens is 152 g/mol. The zero-order valence-electron chi connectivity index (χ0n) is 7.76. The van der Waals surface area contributed by atoms with Gasteiger partial charge in [-0.1, -0.05) is 19.8 Å². The van der Waals surface area contributed by atoms with Crippen LogP contribution < -0.4 is 0 Å². The molecule has 0 aromatic carbocycles. The fourth-order valence-electron chi connectivity index (χ4n) is 1.44. The quantitative estimate of drug-likeness (QED) is 0.460. The molecule has 0 N–H and O–H groups in total. The highest BCUT2D eigenvalue weighted by atomic mass is 16.5. The van der Waals surface area contributed by atoms with Gasteiger partial charge in [0.1, 0.15) is 0 Å².